The van der Waals surface area contributed by atoms with Crippen LogP contribution in [0.2, 0.25) is 5.02 Å². The van der Waals surface area contributed by atoms with Gasteiger partial charge in [0.25, 0.3) is 10.0 Å². The lowest BCUT2D eigenvalue weighted by atomic mass is 10.0. The Morgan fingerprint density at radius 2 is 1.56 bits per heavy atom. The summed E-state index contributed by atoms with van der Waals surface area (Å²) in [6.45, 7) is 0. The van der Waals surface area contributed by atoms with E-state index in [0.717, 1.165) is 11.0 Å². The van der Waals surface area contributed by atoms with Crippen molar-refractivity contribution in [2.45, 2.75) is 0 Å². The summed E-state index contributed by atoms with van der Waals surface area (Å²) in [7, 11) is -3.65. The summed E-state index contributed by atoms with van der Waals surface area (Å²) in [5.74, 6) is 1.59. The van der Waals surface area contributed by atoms with Crippen molar-refractivity contribution in [3.63, 3.8) is 0 Å². The molecule has 0 spiro atoms. The van der Waals surface area contributed by atoms with Crippen molar-refractivity contribution < 1.29 is 13.2 Å². The van der Waals surface area contributed by atoms with Gasteiger partial charge in [-0.25, -0.2) is 0 Å². The fourth-order valence-electron chi connectivity index (χ4n) is 2.63. The molecular formula is C19H12Cl2N2O3S. The molecule has 0 amide bonds. The van der Waals surface area contributed by atoms with Crippen LogP contribution in [-0.4, -0.2) is 19.2 Å². The van der Waals surface area contributed by atoms with Crippen LogP contribution < -0.4 is 4.74 Å². The highest BCUT2D eigenvalue weighted by molar-refractivity contribution is 7.93. The van der Waals surface area contributed by atoms with Crippen LogP contribution in [0.4, 0.5) is 0 Å². The normalized spacial score (nSPS) is 17.6. The van der Waals surface area contributed by atoms with Crippen LogP contribution >= 0.6 is 23.2 Å². The second-order valence-corrected chi connectivity index (χ2v) is 8.13. The summed E-state index contributed by atoms with van der Waals surface area (Å²) in [6.07, 6.45) is 4.71. The van der Waals surface area contributed by atoms with E-state index in [0.29, 0.717) is 33.0 Å². The Balaban J connectivity index is 1.64. The second-order valence-electron chi connectivity index (χ2n) is 5.77. The lowest BCUT2D eigenvalue weighted by molar-refractivity contribution is 0.482. The Kier molecular flexibility index (Phi) is 4.55. The molecule has 0 radical (unpaired) electrons. The Morgan fingerprint density at radius 3 is 2.22 bits per heavy atom. The first-order valence-corrected chi connectivity index (χ1v) is 10.1. The third-order valence-corrected chi connectivity index (χ3v) is 5.20. The van der Waals surface area contributed by atoms with E-state index in [1.165, 1.54) is 6.20 Å². The predicted octanol–water partition coefficient (Wildman–Crippen LogP) is 5.12. The van der Waals surface area contributed by atoms with Crippen LogP contribution in [0.15, 0.2) is 81.8 Å². The number of nitrogens with zero attached hydrogens (tertiary/aromatic N) is 2. The van der Waals surface area contributed by atoms with Gasteiger partial charge >= 0.3 is 0 Å². The van der Waals surface area contributed by atoms with Crippen molar-refractivity contribution in [1.29, 1.82) is 0 Å². The Morgan fingerprint density at radius 1 is 0.926 bits per heavy atom. The third-order valence-electron chi connectivity index (χ3n) is 3.85. The zero-order valence-electron chi connectivity index (χ0n) is 13.7. The Labute approximate surface area is 166 Å². The average Bonchev–Trinajstić information content (AvgIpc) is 2.64. The van der Waals surface area contributed by atoms with Gasteiger partial charge in [-0.05, 0) is 48.0 Å². The molecule has 5 nitrogen and oxygen atoms in total. The van der Waals surface area contributed by atoms with E-state index in [2.05, 4.69) is 4.40 Å². The van der Waals surface area contributed by atoms with E-state index >= 15 is 0 Å². The van der Waals surface area contributed by atoms with Gasteiger partial charge in [0.2, 0.25) is 0 Å². The monoisotopic (exact) mass is 418 g/mol. The van der Waals surface area contributed by atoms with Crippen LogP contribution in [0.3, 0.4) is 0 Å². The number of ether oxygens (including phenoxy) is 1. The predicted molar refractivity (Wildman–Crippen MR) is 107 cm³/mol. The summed E-state index contributed by atoms with van der Waals surface area (Å²) in [4.78, 5) is 1.58. The molecule has 136 valence electrons. The van der Waals surface area contributed by atoms with Crippen molar-refractivity contribution in [2.75, 3.05) is 0 Å². The molecule has 0 fully saturated rings. The van der Waals surface area contributed by atoms with Gasteiger partial charge in [-0.2, -0.15) is 8.42 Å². The highest BCUT2D eigenvalue weighted by atomic mass is 35.5. The lowest BCUT2D eigenvalue weighted by Gasteiger charge is -2.26. The molecule has 2 aliphatic rings. The molecule has 0 atom stereocenters. The third kappa shape index (κ3) is 3.93. The summed E-state index contributed by atoms with van der Waals surface area (Å²) >= 11 is 12.0. The number of hydrogen-bond donors (Lipinski definition) is 0. The minimum atomic E-state index is -3.65. The van der Waals surface area contributed by atoms with Crippen molar-refractivity contribution in [3.8, 4) is 11.5 Å². The summed E-state index contributed by atoms with van der Waals surface area (Å²) in [6, 6.07) is 14.2. The summed E-state index contributed by atoms with van der Waals surface area (Å²) in [5, 5.41) is 2.13. The average molecular weight is 419 g/mol. The first-order chi connectivity index (χ1) is 12.9. The van der Waals surface area contributed by atoms with Gasteiger partial charge in [-0.1, -0.05) is 35.3 Å². The summed E-state index contributed by atoms with van der Waals surface area (Å²) < 4.78 is 33.3. The molecule has 0 aromatic heterocycles. The molecule has 2 heterocycles. The molecule has 8 heteroatoms. The van der Waals surface area contributed by atoms with E-state index in [4.69, 9.17) is 27.9 Å². The van der Waals surface area contributed by atoms with Gasteiger partial charge in [-0.3, -0.25) is 0 Å². The number of hydrogen-bond acceptors (Lipinski definition) is 4. The van der Waals surface area contributed by atoms with E-state index < -0.39 is 10.0 Å². The van der Waals surface area contributed by atoms with Gasteiger partial charge in [0.15, 0.2) is 5.84 Å². The quantitative estimate of drug-likeness (QED) is 0.693. The molecular weight excluding hydrogens is 407 g/mol. The fraction of sp³-hybridized carbons (Fsp3) is 0. The fourth-order valence-corrected chi connectivity index (χ4v) is 3.75. The maximum atomic E-state index is 11.8. The molecule has 0 saturated heterocycles. The molecule has 2 aromatic rings. The number of allylic oxidation sites excluding steroid dienone is 2. The molecule has 2 aromatic carbocycles. The molecule has 0 unspecified atom stereocenters. The molecule has 27 heavy (non-hydrogen) atoms. The zero-order valence-corrected chi connectivity index (χ0v) is 16.0. The molecule has 0 bridgehead atoms. The topological polar surface area (TPSA) is 59.0 Å². The Hall–Kier alpha value is -2.54. The number of rotatable bonds is 3. The van der Waals surface area contributed by atoms with Gasteiger partial charge in [0.1, 0.15) is 11.5 Å². The summed E-state index contributed by atoms with van der Waals surface area (Å²) in [5.41, 5.74) is 1.37. The van der Waals surface area contributed by atoms with Crippen LogP contribution in [-0.2, 0) is 10.0 Å². The van der Waals surface area contributed by atoms with Crippen molar-refractivity contribution in [2.24, 2.45) is 4.40 Å². The van der Waals surface area contributed by atoms with Crippen LogP contribution in [0.5, 0.6) is 11.5 Å². The first kappa shape index (κ1) is 17.9. The van der Waals surface area contributed by atoms with Gasteiger partial charge in [0, 0.05) is 23.0 Å². The number of halogens is 2. The first-order valence-electron chi connectivity index (χ1n) is 7.84. The Bertz CT molecular complexity index is 1120. The van der Waals surface area contributed by atoms with Crippen LogP contribution in [0, 0.1) is 0 Å². The van der Waals surface area contributed by atoms with E-state index in [1.807, 2.05) is 12.1 Å². The molecule has 0 aliphatic carbocycles. The number of benzene rings is 2. The minimum absolute atomic E-state index is 0.299. The molecule has 4 rings (SSSR count). The van der Waals surface area contributed by atoms with Crippen molar-refractivity contribution in [1.82, 2.24) is 4.90 Å². The zero-order chi connectivity index (χ0) is 19.0. The largest absolute Gasteiger partial charge is 0.457 e. The van der Waals surface area contributed by atoms with Crippen molar-refractivity contribution >= 4 is 44.6 Å². The van der Waals surface area contributed by atoms with Gasteiger partial charge < -0.3 is 9.64 Å². The minimum Gasteiger partial charge on any atom is -0.457 e. The van der Waals surface area contributed by atoms with Gasteiger partial charge in [0.05, 0.1) is 10.4 Å². The smallest absolute Gasteiger partial charge is 0.278 e. The lowest BCUT2D eigenvalue weighted by Crippen LogP contribution is -2.28. The molecule has 2 aliphatic heterocycles. The van der Waals surface area contributed by atoms with Gasteiger partial charge in [-0.15, -0.1) is 4.40 Å². The highest BCUT2D eigenvalue weighted by Gasteiger charge is 2.25. The SMILES string of the molecule is O=S1(=O)C=CN2C=C(Cl)C=C(c3ccc(Oc4ccc(Cl)cc4)cc3)C2=N1. The van der Waals surface area contributed by atoms with E-state index in [9.17, 15) is 8.42 Å². The molecule has 0 N–H and O–H groups in total. The van der Waals surface area contributed by atoms with E-state index in [1.54, 1.807) is 53.6 Å². The van der Waals surface area contributed by atoms with Crippen LogP contribution in [0.25, 0.3) is 5.57 Å². The van der Waals surface area contributed by atoms with E-state index in [-0.39, 0.29) is 0 Å². The van der Waals surface area contributed by atoms with Crippen molar-refractivity contribution in [3.05, 3.63) is 88.0 Å². The molecule has 0 saturated carbocycles. The number of fused-ring (bicyclic) bond motifs is 1. The highest BCUT2D eigenvalue weighted by Crippen LogP contribution is 2.31. The van der Waals surface area contributed by atoms with Crippen LogP contribution in [0.1, 0.15) is 5.56 Å². The second kappa shape index (κ2) is 6.88. The number of amidine groups is 1. The maximum absolute atomic E-state index is 11.8. The standard InChI is InChI=1S/C19H12Cl2N2O3S/c20-14-3-7-17(8-4-14)26-16-5-1-13(2-6-16)18-11-15(21)12-23-9-10-27(24,25)22-19(18)23/h1-12H. The maximum Gasteiger partial charge on any atom is 0.278 e. The number of sulfonamides is 1.